The van der Waals surface area contributed by atoms with Crippen molar-refractivity contribution in [1.82, 2.24) is 4.68 Å². The lowest BCUT2D eigenvalue weighted by atomic mass is 10.2. The SMILES string of the molecule is COc1c(C(N)=O)n(NC(=O)OC(C)(C)C)ccc1=O. The molecule has 8 nitrogen and oxygen atoms in total. The summed E-state index contributed by atoms with van der Waals surface area (Å²) >= 11 is 0. The molecule has 3 N–H and O–H groups in total. The monoisotopic (exact) mass is 283 g/mol. The van der Waals surface area contributed by atoms with Gasteiger partial charge in [-0.25, -0.2) is 14.9 Å². The van der Waals surface area contributed by atoms with Crippen LogP contribution in [0.5, 0.6) is 5.75 Å². The van der Waals surface area contributed by atoms with Crippen molar-refractivity contribution in [2.45, 2.75) is 26.4 Å². The van der Waals surface area contributed by atoms with Crippen LogP contribution >= 0.6 is 0 Å². The lowest BCUT2D eigenvalue weighted by molar-refractivity contribution is 0.0612. The van der Waals surface area contributed by atoms with Gasteiger partial charge in [0, 0.05) is 12.3 Å². The van der Waals surface area contributed by atoms with Crippen LogP contribution < -0.4 is 21.3 Å². The van der Waals surface area contributed by atoms with Crippen LogP contribution in [0.2, 0.25) is 0 Å². The molecule has 0 aromatic carbocycles. The summed E-state index contributed by atoms with van der Waals surface area (Å²) in [5.74, 6) is -1.17. The highest BCUT2D eigenvalue weighted by Gasteiger charge is 2.21. The molecule has 1 rings (SSSR count). The molecule has 0 aliphatic heterocycles. The first-order chi connectivity index (χ1) is 9.15. The molecule has 0 fully saturated rings. The fourth-order valence-electron chi connectivity index (χ4n) is 1.44. The summed E-state index contributed by atoms with van der Waals surface area (Å²) in [4.78, 5) is 34.6. The number of carbonyl (C=O) groups is 2. The van der Waals surface area contributed by atoms with Crippen molar-refractivity contribution in [3.05, 3.63) is 28.2 Å². The minimum absolute atomic E-state index is 0.254. The molecule has 2 amide bonds. The van der Waals surface area contributed by atoms with Gasteiger partial charge in [0.15, 0.2) is 11.4 Å². The summed E-state index contributed by atoms with van der Waals surface area (Å²) in [6.45, 7) is 5.06. The average molecular weight is 283 g/mol. The second kappa shape index (κ2) is 5.64. The van der Waals surface area contributed by atoms with E-state index < -0.39 is 23.0 Å². The number of hydrogen-bond donors (Lipinski definition) is 2. The van der Waals surface area contributed by atoms with E-state index in [1.165, 1.54) is 13.3 Å². The molecule has 1 aromatic heterocycles. The van der Waals surface area contributed by atoms with Gasteiger partial charge < -0.3 is 15.2 Å². The fraction of sp³-hybridized carbons (Fsp3) is 0.417. The van der Waals surface area contributed by atoms with E-state index in [-0.39, 0.29) is 11.4 Å². The zero-order valence-electron chi connectivity index (χ0n) is 11.7. The molecule has 0 radical (unpaired) electrons. The Labute approximate surface area is 115 Å². The third kappa shape index (κ3) is 3.74. The number of nitrogens with two attached hydrogens (primary N) is 1. The maximum absolute atomic E-state index is 11.7. The van der Waals surface area contributed by atoms with E-state index in [0.29, 0.717) is 0 Å². The zero-order valence-corrected chi connectivity index (χ0v) is 11.7. The van der Waals surface area contributed by atoms with Gasteiger partial charge in [0.2, 0.25) is 5.43 Å². The van der Waals surface area contributed by atoms with Crippen LogP contribution in [-0.2, 0) is 4.74 Å². The highest BCUT2D eigenvalue weighted by atomic mass is 16.6. The molecule has 0 atom stereocenters. The summed E-state index contributed by atoms with van der Waals surface area (Å²) in [5.41, 5.74) is 5.97. The number of rotatable bonds is 3. The van der Waals surface area contributed by atoms with Crippen LogP contribution in [0.4, 0.5) is 4.79 Å². The smallest absolute Gasteiger partial charge is 0.426 e. The number of hydrogen-bond acceptors (Lipinski definition) is 5. The van der Waals surface area contributed by atoms with Gasteiger partial charge in [-0.05, 0) is 20.8 Å². The molecule has 0 aliphatic carbocycles. The van der Waals surface area contributed by atoms with Gasteiger partial charge in [-0.15, -0.1) is 0 Å². The number of pyridine rings is 1. The molecule has 20 heavy (non-hydrogen) atoms. The Bertz CT molecular complexity index is 586. The summed E-state index contributed by atoms with van der Waals surface area (Å²) in [5, 5.41) is 0. The van der Waals surface area contributed by atoms with Gasteiger partial charge in [-0.3, -0.25) is 9.59 Å². The highest BCUT2D eigenvalue weighted by Crippen LogP contribution is 2.12. The minimum Gasteiger partial charge on any atom is -0.491 e. The molecule has 0 saturated carbocycles. The summed E-state index contributed by atoms with van der Waals surface area (Å²) < 4.78 is 10.9. The van der Waals surface area contributed by atoms with E-state index in [9.17, 15) is 14.4 Å². The lowest BCUT2D eigenvalue weighted by Gasteiger charge is -2.21. The Kier molecular flexibility index (Phi) is 4.38. The first-order valence-electron chi connectivity index (χ1n) is 5.75. The molecule has 0 aliphatic rings. The van der Waals surface area contributed by atoms with Gasteiger partial charge in [-0.1, -0.05) is 0 Å². The van der Waals surface area contributed by atoms with Gasteiger partial charge in [0.25, 0.3) is 5.91 Å². The Hall–Kier alpha value is -2.51. The fourth-order valence-corrected chi connectivity index (χ4v) is 1.44. The van der Waals surface area contributed by atoms with E-state index in [1.54, 1.807) is 20.8 Å². The Morgan fingerprint density at radius 2 is 1.95 bits per heavy atom. The van der Waals surface area contributed by atoms with Crippen molar-refractivity contribution in [3.63, 3.8) is 0 Å². The number of amides is 2. The number of methoxy groups -OCH3 is 1. The molecule has 110 valence electrons. The molecular weight excluding hydrogens is 266 g/mol. The lowest BCUT2D eigenvalue weighted by Crippen LogP contribution is -2.35. The van der Waals surface area contributed by atoms with Gasteiger partial charge in [-0.2, -0.15) is 0 Å². The molecular formula is C12H17N3O5. The van der Waals surface area contributed by atoms with Crippen molar-refractivity contribution in [1.29, 1.82) is 0 Å². The van der Waals surface area contributed by atoms with E-state index in [2.05, 4.69) is 5.43 Å². The highest BCUT2D eigenvalue weighted by molar-refractivity contribution is 5.94. The van der Waals surface area contributed by atoms with Crippen molar-refractivity contribution in [2.75, 3.05) is 12.5 Å². The number of primary amides is 1. The number of nitrogens with zero attached hydrogens (tertiary/aromatic N) is 1. The van der Waals surface area contributed by atoms with Crippen LogP contribution in [-0.4, -0.2) is 29.4 Å². The molecule has 0 bridgehead atoms. The van der Waals surface area contributed by atoms with Crippen LogP contribution in [0.15, 0.2) is 17.1 Å². The third-order valence-corrected chi connectivity index (χ3v) is 2.10. The summed E-state index contributed by atoms with van der Waals surface area (Å²) in [7, 11) is 1.22. The van der Waals surface area contributed by atoms with Crippen LogP contribution in [0.3, 0.4) is 0 Å². The maximum Gasteiger partial charge on any atom is 0.426 e. The van der Waals surface area contributed by atoms with Crippen molar-refractivity contribution < 1.29 is 19.1 Å². The Balaban J connectivity index is 3.16. The first kappa shape index (κ1) is 15.5. The van der Waals surface area contributed by atoms with Crippen molar-refractivity contribution >= 4 is 12.0 Å². The summed E-state index contributed by atoms with van der Waals surface area (Å²) in [6, 6.07) is 1.13. The molecule has 1 aromatic rings. The topological polar surface area (TPSA) is 113 Å². The largest absolute Gasteiger partial charge is 0.491 e. The predicted octanol–water partition coefficient (Wildman–Crippen LogP) is 0.434. The second-order valence-corrected chi connectivity index (χ2v) is 4.91. The van der Waals surface area contributed by atoms with Gasteiger partial charge in [0.05, 0.1) is 7.11 Å². The van der Waals surface area contributed by atoms with Crippen molar-refractivity contribution in [3.8, 4) is 5.75 Å². The van der Waals surface area contributed by atoms with Crippen molar-refractivity contribution in [2.24, 2.45) is 5.73 Å². The minimum atomic E-state index is -0.921. The number of carbonyl (C=O) groups excluding carboxylic acids is 2. The van der Waals surface area contributed by atoms with Crippen LogP contribution in [0.1, 0.15) is 31.3 Å². The maximum atomic E-state index is 11.7. The average Bonchev–Trinajstić information content (AvgIpc) is 2.27. The predicted molar refractivity (Wildman–Crippen MR) is 71.4 cm³/mol. The number of ether oxygens (including phenoxy) is 2. The van der Waals surface area contributed by atoms with Crippen LogP contribution in [0.25, 0.3) is 0 Å². The standard InChI is InChI=1S/C12H17N3O5/c1-12(2,3)20-11(18)14-15-6-5-7(16)9(19-4)8(15)10(13)17/h5-6H,1-4H3,(H2,13,17)(H,14,18). The Morgan fingerprint density at radius 1 is 1.35 bits per heavy atom. The van der Waals surface area contributed by atoms with E-state index in [0.717, 1.165) is 10.7 Å². The molecule has 0 unspecified atom stereocenters. The summed E-state index contributed by atoms with van der Waals surface area (Å²) in [6.07, 6.45) is 0.389. The van der Waals surface area contributed by atoms with E-state index >= 15 is 0 Å². The number of aromatic nitrogens is 1. The second-order valence-electron chi connectivity index (χ2n) is 4.91. The quantitative estimate of drug-likeness (QED) is 0.835. The normalized spacial score (nSPS) is 10.8. The molecule has 1 heterocycles. The molecule has 0 saturated heterocycles. The number of nitrogens with one attached hydrogen (secondary N) is 1. The first-order valence-corrected chi connectivity index (χ1v) is 5.75. The molecule has 0 spiro atoms. The van der Waals surface area contributed by atoms with E-state index in [4.69, 9.17) is 15.2 Å². The van der Waals surface area contributed by atoms with E-state index in [1.807, 2.05) is 0 Å². The zero-order chi connectivity index (χ0) is 15.5. The Morgan fingerprint density at radius 3 is 2.40 bits per heavy atom. The molecule has 8 heteroatoms. The van der Waals surface area contributed by atoms with Gasteiger partial charge in [0.1, 0.15) is 5.60 Å². The third-order valence-electron chi connectivity index (χ3n) is 2.10. The van der Waals surface area contributed by atoms with Crippen LogP contribution in [0, 0.1) is 0 Å². The van der Waals surface area contributed by atoms with Gasteiger partial charge >= 0.3 is 6.09 Å².